The molecular weight excluding hydrogens is 695 g/mol. The summed E-state index contributed by atoms with van der Waals surface area (Å²) in [6, 6.07) is 0. The van der Waals surface area contributed by atoms with Gasteiger partial charge in [-0.1, -0.05) is 190 Å². The first-order valence-electron chi connectivity index (χ1n) is 23.4. The number of carbonyl (C=O) groups is 3. The minimum absolute atomic E-state index is 0.0143. The third kappa shape index (κ3) is 43.8. The number of unbranched alkanes of at least 4 members (excludes halogenated alkanes) is 21. The molecule has 56 heavy (non-hydrogen) atoms. The van der Waals surface area contributed by atoms with Crippen LogP contribution in [0.4, 0.5) is 0 Å². The average molecular weight is 782 g/mol. The van der Waals surface area contributed by atoms with E-state index in [1.165, 1.54) is 96.3 Å². The number of carboxylic acid groups (broad SMARTS) is 1. The highest BCUT2D eigenvalue weighted by Crippen LogP contribution is 2.19. The van der Waals surface area contributed by atoms with Crippen molar-refractivity contribution in [3.05, 3.63) is 60.8 Å². The van der Waals surface area contributed by atoms with Crippen LogP contribution >= 0.6 is 0 Å². The van der Waals surface area contributed by atoms with Crippen molar-refractivity contribution in [3.63, 3.8) is 0 Å². The lowest BCUT2D eigenvalue weighted by molar-refractivity contribution is -0.150. The fourth-order valence-electron chi connectivity index (χ4n) is 6.78. The second-order valence-corrected chi connectivity index (χ2v) is 15.6. The van der Waals surface area contributed by atoms with Crippen LogP contribution in [0.2, 0.25) is 0 Å². The van der Waals surface area contributed by atoms with Crippen LogP contribution < -0.4 is 5.32 Å². The number of hydrogen-bond donors (Lipinski definition) is 2. The number of aliphatic carboxylic acids is 1. The van der Waals surface area contributed by atoms with Gasteiger partial charge >= 0.3 is 11.9 Å². The molecule has 0 aliphatic heterocycles. The summed E-state index contributed by atoms with van der Waals surface area (Å²) in [5, 5.41) is 11.1. The Morgan fingerprint density at radius 1 is 0.482 bits per heavy atom. The topological polar surface area (TPSA) is 92.7 Å². The van der Waals surface area contributed by atoms with Crippen molar-refractivity contribution in [2.75, 3.05) is 6.54 Å². The molecule has 0 bridgehead atoms. The molecule has 0 aliphatic rings. The number of rotatable bonds is 42. The van der Waals surface area contributed by atoms with Crippen LogP contribution in [-0.4, -0.2) is 35.6 Å². The molecular formula is C50H87NO5. The molecule has 322 valence electrons. The number of ether oxygens (including phenoxy) is 1. The zero-order valence-electron chi connectivity index (χ0n) is 36.5. The number of esters is 1. The molecule has 0 aromatic rings. The van der Waals surface area contributed by atoms with Crippen LogP contribution in [0.25, 0.3) is 0 Å². The Balaban J connectivity index is 4.18. The van der Waals surface area contributed by atoms with E-state index in [2.05, 4.69) is 79.9 Å². The van der Waals surface area contributed by atoms with Crippen molar-refractivity contribution < 1.29 is 24.2 Å². The van der Waals surface area contributed by atoms with E-state index in [4.69, 9.17) is 9.84 Å². The molecule has 0 rings (SSSR count). The number of nitrogens with one attached hydrogen (secondary N) is 1. The molecule has 6 nitrogen and oxygen atoms in total. The van der Waals surface area contributed by atoms with E-state index in [1.807, 2.05) is 0 Å². The number of allylic oxidation sites excluding steroid dienone is 10. The van der Waals surface area contributed by atoms with Crippen LogP contribution in [-0.2, 0) is 19.1 Å². The molecule has 0 radical (unpaired) electrons. The van der Waals surface area contributed by atoms with Gasteiger partial charge in [0.2, 0.25) is 5.91 Å². The van der Waals surface area contributed by atoms with Crippen LogP contribution in [0.15, 0.2) is 60.8 Å². The van der Waals surface area contributed by atoms with E-state index >= 15 is 0 Å². The minimum atomic E-state index is -1.02. The Morgan fingerprint density at radius 3 is 1.34 bits per heavy atom. The Bertz CT molecular complexity index is 1040. The van der Waals surface area contributed by atoms with Crippen molar-refractivity contribution in [1.82, 2.24) is 5.32 Å². The quantitative estimate of drug-likeness (QED) is 0.0365. The standard InChI is InChI=1S/C50H87NO5/c1-3-5-7-9-11-13-15-17-18-19-20-21-22-23-24-26-28-30-32-37-41-45-50(55)56-47(43-39-35-33-36-40-44-48(52)51-46-49(53)54)42-38-34-31-29-27-25-16-14-12-10-8-6-4-2/h5,7,11,13,17-18,20-21,23-24,47H,3-4,6,8-10,12,14-16,19,22,25-46H2,1-2H3,(H,51,52)(H,53,54)/b7-5-,13-11-,18-17-,21-20-,24-23-. The van der Waals surface area contributed by atoms with Crippen molar-refractivity contribution in [2.45, 2.75) is 232 Å². The van der Waals surface area contributed by atoms with E-state index in [-0.39, 0.29) is 24.5 Å². The van der Waals surface area contributed by atoms with Crippen LogP contribution in [0.5, 0.6) is 0 Å². The first-order chi connectivity index (χ1) is 27.5. The maximum Gasteiger partial charge on any atom is 0.322 e. The van der Waals surface area contributed by atoms with E-state index < -0.39 is 5.97 Å². The summed E-state index contributed by atoms with van der Waals surface area (Å²) in [4.78, 5) is 35.1. The van der Waals surface area contributed by atoms with Crippen molar-refractivity contribution >= 4 is 17.8 Å². The van der Waals surface area contributed by atoms with Gasteiger partial charge < -0.3 is 15.2 Å². The maximum absolute atomic E-state index is 12.8. The third-order valence-electron chi connectivity index (χ3n) is 10.2. The fourth-order valence-corrected chi connectivity index (χ4v) is 6.78. The normalized spacial score (nSPS) is 12.6. The molecule has 1 amide bonds. The van der Waals surface area contributed by atoms with Gasteiger partial charge in [0.15, 0.2) is 0 Å². The van der Waals surface area contributed by atoms with Crippen molar-refractivity contribution in [3.8, 4) is 0 Å². The van der Waals surface area contributed by atoms with Crippen LogP contribution in [0.1, 0.15) is 226 Å². The van der Waals surface area contributed by atoms with Crippen molar-refractivity contribution in [2.24, 2.45) is 0 Å². The van der Waals surface area contributed by atoms with Gasteiger partial charge in [-0.2, -0.15) is 0 Å². The van der Waals surface area contributed by atoms with Gasteiger partial charge in [-0.25, -0.2) is 0 Å². The predicted octanol–water partition coefficient (Wildman–Crippen LogP) is 14.8. The summed E-state index contributed by atoms with van der Waals surface area (Å²) >= 11 is 0. The third-order valence-corrected chi connectivity index (χ3v) is 10.2. The number of carbonyl (C=O) groups excluding carboxylic acids is 2. The highest BCUT2D eigenvalue weighted by Gasteiger charge is 2.14. The molecule has 0 fully saturated rings. The highest BCUT2D eigenvalue weighted by molar-refractivity contribution is 5.80. The average Bonchev–Trinajstić information content (AvgIpc) is 3.18. The lowest BCUT2D eigenvalue weighted by Gasteiger charge is -2.18. The maximum atomic E-state index is 12.8. The monoisotopic (exact) mass is 782 g/mol. The van der Waals surface area contributed by atoms with Crippen LogP contribution in [0, 0.1) is 0 Å². The molecule has 0 saturated carbocycles. The Morgan fingerprint density at radius 2 is 0.875 bits per heavy atom. The van der Waals surface area contributed by atoms with Gasteiger partial charge in [-0.05, 0) is 83.5 Å². The largest absolute Gasteiger partial charge is 0.480 e. The van der Waals surface area contributed by atoms with E-state index in [9.17, 15) is 14.4 Å². The molecule has 0 aromatic heterocycles. The van der Waals surface area contributed by atoms with Gasteiger partial charge in [0.25, 0.3) is 0 Å². The number of amides is 1. The number of carboxylic acids is 1. The SMILES string of the molecule is CC/C=C\C/C=C\C/C=C\C/C=C\C/C=C\CCCCCCCC(=O)OC(CCCCCCCCCCCCCCC)CCCCCCCC(=O)NCC(=O)O. The van der Waals surface area contributed by atoms with E-state index in [0.29, 0.717) is 12.8 Å². The summed E-state index contributed by atoms with van der Waals surface area (Å²) in [6.07, 6.45) is 59.2. The second kappa shape index (κ2) is 44.8. The lowest BCUT2D eigenvalue weighted by Crippen LogP contribution is -2.28. The first-order valence-corrected chi connectivity index (χ1v) is 23.4. The Hall–Kier alpha value is -2.89. The van der Waals surface area contributed by atoms with Gasteiger partial charge in [0, 0.05) is 12.8 Å². The molecule has 0 aromatic carbocycles. The lowest BCUT2D eigenvalue weighted by atomic mass is 10.0. The Kier molecular flexibility index (Phi) is 42.5. The summed E-state index contributed by atoms with van der Waals surface area (Å²) in [6.45, 7) is 4.12. The molecule has 1 atom stereocenters. The molecule has 0 saturated heterocycles. The highest BCUT2D eigenvalue weighted by atomic mass is 16.5. The molecule has 0 aliphatic carbocycles. The summed E-state index contributed by atoms with van der Waals surface area (Å²) in [7, 11) is 0. The van der Waals surface area contributed by atoms with Gasteiger partial charge in [-0.3, -0.25) is 14.4 Å². The predicted molar refractivity (Wildman–Crippen MR) is 240 cm³/mol. The summed E-state index contributed by atoms with van der Waals surface area (Å²) in [5.41, 5.74) is 0. The Labute approximate surface area is 345 Å². The molecule has 0 spiro atoms. The molecule has 2 N–H and O–H groups in total. The van der Waals surface area contributed by atoms with Gasteiger partial charge in [0.1, 0.15) is 12.6 Å². The van der Waals surface area contributed by atoms with Crippen LogP contribution in [0.3, 0.4) is 0 Å². The zero-order valence-corrected chi connectivity index (χ0v) is 36.5. The smallest absolute Gasteiger partial charge is 0.322 e. The van der Waals surface area contributed by atoms with E-state index in [1.54, 1.807) is 0 Å². The second-order valence-electron chi connectivity index (χ2n) is 15.6. The molecule has 0 heterocycles. The molecule has 6 heteroatoms. The van der Waals surface area contributed by atoms with Crippen molar-refractivity contribution in [1.29, 1.82) is 0 Å². The van der Waals surface area contributed by atoms with Gasteiger partial charge in [-0.15, -0.1) is 0 Å². The zero-order chi connectivity index (χ0) is 40.8. The molecule has 1 unspecified atom stereocenters. The summed E-state index contributed by atoms with van der Waals surface area (Å²) < 4.78 is 6.04. The fraction of sp³-hybridized carbons (Fsp3) is 0.740. The van der Waals surface area contributed by atoms with E-state index in [0.717, 1.165) is 103 Å². The first kappa shape index (κ1) is 53.1. The minimum Gasteiger partial charge on any atom is -0.480 e. The van der Waals surface area contributed by atoms with Gasteiger partial charge in [0.05, 0.1) is 0 Å². The number of hydrogen-bond acceptors (Lipinski definition) is 4. The summed E-state index contributed by atoms with van der Waals surface area (Å²) in [5.74, 6) is -1.24.